The van der Waals surface area contributed by atoms with Crippen molar-refractivity contribution in [2.24, 2.45) is 0 Å². The maximum absolute atomic E-state index is 13.0. The van der Waals surface area contributed by atoms with E-state index in [1.165, 1.54) is 0 Å². The van der Waals surface area contributed by atoms with E-state index < -0.39 is 23.8 Å². The van der Waals surface area contributed by atoms with E-state index in [0.717, 1.165) is 42.0 Å². The Kier molecular flexibility index (Phi) is 4.11. The van der Waals surface area contributed by atoms with Crippen molar-refractivity contribution in [1.82, 2.24) is 15.5 Å². The van der Waals surface area contributed by atoms with Crippen LogP contribution >= 0.6 is 0 Å². The van der Waals surface area contributed by atoms with E-state index in [0.29, 0.717) is 17.0 Å². The lowest BCUT2D eigenvalue weighted by molar-refractivity contribution is -0.136. The molecule has 2 saturated heterocycles. The Hall–Kier alpha value is -2.54. The van der Waals surface area contributed by atoms with Crippen LogP contribution < -0.4 is 10.6 Å². The number of carbonyl (C=O) groups is 4. The van der Waals surface area contributed by atoms with Crippen molar-refractivity contribution in [2.45, 2.75) is 44.6 Å². The van der Waals surface area contributed by atoms with Crippen LogP contribution in [0.1, 0.15) is 63.4 Å². The zero-order valence-electron chi connectivity index (χ0n) is 14.6. The van der Waals surface area contributed by atoms with Crippen LogP contribution in [0.5, 0.6) is 0 Å². The number of piperidine rings is 2. The number of benzene rings is 1. The summed E-state index contributed by atoms with van der Waals surface area (Å²) in [6.45, 7) is 3.77. The van der Waals surface area contributed by atoms with Gasteiger partial charge in [-0.05, 0) is 62.4 Å². The number of amides is 4. The Morgan fingerprint density at radius 3 is 2.42 bits per heavy atom. The molecule has 1 unspecified atom stereocenters. The first-order valence-corrected chi connectivity index (χ1v) is 9.05. The third-order valence-corrected chi connectivity index (χ3v) is 5.69. The van der Waals surface area contributed by atoms with E-state index in [1.807, 2.05) is 13.0 Å². The van der Waals surface area contributed by atoms with Crippen LogP contribution in [0, 0.1) is 6.92 Å². The van der Waals surface area contributed by atoms with Crippen molar-refractivity contribution in [3.05, 3.63) is 34.4 Å². The van der Waals surface area contributed by atoms with E-state index in [1.54, 1.807) is 6.07 Å². The van der Waals surface area contributed by atoms with Crippen LogP contribution in [0.3, 0.4) is 0 Å². The van der Waals surface area contributed by atoms with Crippen LogP contribution in [-0.2, 0) is 9.59 Å². The largest absolute Gasteiger partial charge is 0.317 e. The summed E-state index contributed by atoms with van der Waals surface area (Å²) in [5, 5.41) is 5.55. The smallest absolute Gasteiger partial charge is 0.262 e. The second-order valence-corrected chi connectivity index (χ2v) is 7.17. The second-order valence-electron chi connectivity index (χ2n) is 7.17. The summed E-state index contributed by atoms with van der Waals surface area (Å²) in [4.78, 5) is 50.4. The molecule has 2 N–H and O–H groups in total. The number of rotatable bonds is 2. The molecule has 0 saturated carbocycles. The maximum Gasteiger partial charge on any atom is 0.262 e. The number of imide groups is 2. The van der Waals surface area contributed by atoms with Gasteiger partial charge in [-0.25, -0.2) is 0 Å². The average Bonchev–Trinajstić information content (AvgIpc) is 2.88. The molecule has 3 aliphatic rings. The molecular weight excluding hydrogens is 334 g/mol. The zero-order chi connectivity index (χ0) is 18.4. The highest BCUT2D eigenvalue weighted by Crippen LogP contribution is 2.35. The lowest BCUT2D eigenvalue weighted by Crippen LogP contribution is -2.54. The van der Waals surface area contributed by atoms with Gasteiger partial charge in [0.05, 0.1) is 11.1 Å². The number of nitrogens with one attached hydrogen (secondary N) is 2. The van der Waals surface area contributed by atoms with Gasteiger partial charge in [-0.3, -0.25) is 29.4 Å². The predicted molar refractivity (Wildman–Crippen MR) is 92.7 cm³/mol. The number of fused-ring (bicyclic) bond motifs is 1. The summed E-state index contributed by atoms with van der Waals surface area (Å²) in [7, 11) is 0. The zero-order valence-corrected chi connectivity index (χ0v) is 14.6. The van der Waals surface area contributed by atoms with E-state index in [9.17, 15) is 19.2 Å². The van der Waals surface area contributed by atoms with Gasteiger partial charge in [0.25, 0.3) is 11.8 Å². The first-order valence-electron chi connectivity index (χ1n) is 9.05. The Balaban J connectivity index is 1.69. The monoisotopic (exact) mass is 355 g/mol. The maximum atomic E-state index is 13.0. The molecule has 0 aromatic heterocycles. The number of nitrogens with zero attached hydrogens (tertiary/aromatic N) is 1. The lowest BCUT2D eigenvalue weighted by atomic mass is 9.85. The van der Waals surface area contributed by atoms with Gasteiger partial charge in [0.15, 0.2) is 0 Å². The van der Waals surface area contributed by atoms with Gasteiger partial charge in [-0.15, -0.1) is 0 Å². The van der Waals surface area contributed by atoms with Gasteiger partial charge in [0.1, 0.15) is 6.04 Å². The molecule has 2 fully saturated rings. The predicted octanol–water partition coefficient (Wildman–Crippen LogP) is 0.863. The van der Waals surface area contributed by atoms with Gasteiger partial charge >= 0.3 is 0 Å². The molecule has 26 heavy (non-hydrogen) atoms. The van der Waals surface area contributed by atoms with Crippen LogP contribution in [0.25, 0.3) is 0 Å². The molecule has 7 nitrogen and oxygen atoms in total. The fourth-order valence-corrected chi connectivity index (χ4v) is 4.31. The summed E-state index contributed by atoms with van der Waals surface area (Å²) in [5.74, 6) is -1.44. The lowest BCUT2D eigenvalue weighted by Gasteiger charge is -2.28. The van der Waals surface area contributed by atoms with Gasteiger partial charge in [0, 0.05) is 6.42 Å². The molecule has 1 aromatic carbocycles. The summed E-state index contributed by atoms with van der Waals surface area (Å²) in [6.07, 6.45) is 2.30. The van der Waals surface area contributed by atoms with Gasteiger partial charge in [-0.2, -0.15) is 0 Å². The molecule has 136 valence electrons. The van der Waals surface area contributed by atoms with Crippen LogP contribution in [-0.4, -0.2) is 47.7 Å². The molecule has 1 atom stereocenters. The van der Waals surface area contributed by atoms with Crippen molar-refractivity contribution < 1.29 is 19.2 Å². The average molecular weight is 355 g/mol. The summed E-state index contributed by atoms with van der Waals surface area (Å²) >= 11 is 0. The van der Waals surface area contributed by atoms with Crippen molar-refractivity contribution >= 4 is 23.6 Å². The quantitative estimate of drug-likeness (QED) is 0.768. The SMILES string of the molecule is Cc1c(C2CCNCC2)ccc2c1C(=O)N(C1CCC(=O)NC1=O)C2=O. The molecule has 4 rings (SSSR count). The van der Waals surface area contributed by atoms with Gasteiger partial charge in [-0.1, -0.05) is 6.07 Å². The minimum absolute atomic E-state index is 0.128. The molecule has 3 aliphatic heterocycles. The minimum atomic E-state index is -0.915. The van der Waals surface area contributed by atoms with Crippen molar-refractivity contribution in [3.63, 3.8) is 0 Å². The first-order chi connectivity index (χ1) is 12.5. The van der Waals surface area contributed by atoms with Crippen molar-refractivity contribution in [2.75, 3.05) is 13.1 Å². The Morgan fingerprint density at radius 1 is 1.00 bits per heavy atom. The van der Waals surface area contributed by atoms with Gasteiger partial charge in [0.2, 0.25) is 11.8 Å². The number of hydrogen-bond acceptors (Lipinski definition) is 5. The first kappa shape index (κ1) is 16.9. The Bertz CT molecular complexity index is 826. The molecule has 7 heteroatoms. The molecule has 1 aromatic rings. The van der Waals surface area contributed by atoms with Gasteiger partial charge < -0.3 is 5.32 Å². The molecule has 3 heterocycles. The summed E-state index contributed by atoms with van der Waals surface area (Å²) in [5.41, 5.74) is 2.71. The molecular formula is C19H21N3O4. The highest BCUT2D eigenvalue weighted by molar-refractivity contribution is 6.24. The fraction of sp³-hybridized carbons (Fsp3) is 0.474. The molecule has 0 bridgehead atoms. The van der Waals surface area contributed by atoms with Crippen LogP contribution in [0.15, 0.2) is 12.1 Å². The topological polar surface area (TPSA) is 95.6 Å². The summed E-state index contributed by atoms with van der Waals surface area (Å²) < 4.78 is 0. The van der Waals surface area contributed by atoms with Crippen LogP contribution in [0.4, 0.5) is 0 Å². The number of carbonyl (C=O) groups excluding carboxylic acids is 4. The third-order valence-electron chi connectivity index (χ3n) is 5.69. The Labute approximate surface area is 151 Å². The normalized spacial score (nSPS) is 24.0. The van der Waals surface area contributed by atoms with E-state index >= 15 is 0 Å². The highest BCUT2D eigenvalue weighted by Gasteiger charge is 2.45. The number of hydrogen-bond donors (Lipinski definition) is 2. The van der Waals surface area contributed by atoms with Crippen molar-refractivity contribution in [3.8, 4) is 0 Å². The van der Waals surface area contributed by atoms with E-state index in [2.05, 4.69) is 10.6 Å². The second kappa shape index (κ2) is 6.32. The van der Waals surface area contributed by atoms with Crippen molar-refractivity contribution in [1.29, 1.82) is 0 Å². The Morgan fingerprint density at radius 2 is 1.73 bits per heavy atom. The highest BCUT2D eigenvalue weighted by atomic mass is 16.2. The molecule has 4 amide bonds. The minimum Gasteiger partial charge on any atom is -0.317 e. The standard InChI is InChI=1S/C19H21N3O4/c1-10-12(11-6-8-20-9-7-11)2-3-13-16(10)19(26)22(18(13)25)14-4-5-15(23)21-17(14)24/h2-3,11,14,20H,4-9H2,1H3,(H,21,23,24). The van der Waals surface area contributed by atoms with E-state index in [4.69, 9.17) is 0 Å². The molecule has 0 spiro atoms. The summed E-state index contributed by atoms with van der Waals surface area (Å²) in [6, 6.07) is 2.75. The molecule has 0 aliphatic carbocycles. The van der Waals surface area contributed by atoms with E-state index in [-0.39, 0.29) is 18.7 Å². The van der Waals surface area contributed by atoms with Crippen LogP contribution in [0.2, 0.25) is 0 Å². The fourth-order valence-electron chi connectivity index (χ4n) is 4.31. The molecule has 0 radical (unpaired) electrons. The third kappa shape index (κ3) is 2.54.